The molecule has 0 saturated heterocycles. The number of carbonyl (C=O) groups excluding carboxylic acids is 1. The van der Waals surface area contributed by atoms with E-state index in [1.54, 1.807) is 13.0 Å². The molecular weight excluding hydrogens is 258 g/mol. The number of aryl methyl sites for hydroxylation is 1. The van der Waals surface area contributed by atoms with Crippen molar-refractivity contribution in [2.24, 2.45) is 0 Å². The summed E-state index contributed by atoms with van der Waals surface area (Å²) in [6, 6.07) is 3.03. The molecule has 0 saturated carbocycles. The van der Waals surface area contributed by atoms with Crippen LogP contribution in [0.3, 0.4) is 0 Å². The number of hydrogen-bond acceptors (Lipinski definition) is 2. The van der Waals surface area contributed by atoms with E-state index < -0.39 is 6.61 Å². The molecule has 5 heteroatoms. The Bertz CT molecular complexity index is 353. The molecule has 0 atom stereocenters. The molecule has 1 aromatic rings. The quantitative estimate of drug-likeness (QED) is 0.784. The predicted octanol–water partition coefficient (Wildman–Crippen LogP) is 3.17. The summed E-state index contributed by atoms with van der Waals surface area (Å²) in [7, 11) is 0. The summed E-state index contributed by atoms with van der Waals surface area (Å²) in [6.45, 7) is -1.33. The molecule has 0 unspecified atom stereocenters. The van der Waals surface area contributed by atoms with E-state index in [-0.39, 0.29) is 11.3 Å². The SMILES string of the molecule is Cc1cc(Br)cc(C=O)c1OC(F)F. The number of carbonyl (C=O) groups is 1. The maximum atomic E-state index is 12.0. The van der Waals surface area contributed by atoms with Crippen LogP contribution in [-0.2, 0) is 0 Å². The van der Waals surface area contributed by atoms with Crippen LogP contribution < -0.4 is 4.74 Å². The minimum Gasteiger partial charge on any atom is -0.434 e. The van der Waals surface area contributed by atoms with Crippen molar-refractivity contribution in [3.8, 4) is 5.75 Å². The van der Waals surface area contributed by atoms with Gasteiger partial charge in [0.1, 0.15) is 5.75 Å². The van der Waals surface area contributed by atoms with Crippen molar-refractivity contribution >= 4 is 22.2 Å². The van der Waals surface area contributed by atoms with Crippen LogP contribution >= 0.6 is 15.9 Å². The fourth-order valence-corrected chi connectivity index (χ4v) is 1.68. The van der Waals surface area contributed by atoms with E-state index in [0.717, 1.165) is 0 Å². The van der Waals surface area contributed by atoms with Gasteiger partial charge < -0.3 is 4.74 Å². The lowest BCUT2D eigenvalue weighted by Gasteiger charge is -2.10. The lowest BCUT2D eigenvalue weighted by atomic mass is 10.1. The summed E-state index contributed by atoms with van der Waals surface area (Å²) >= 11 is 3.15. The van der Waals surface area contributed by atoms with E-state index in [4.69, 9.17) is 0 Å². The van der Waals surface area contributed by atoms with E-state index in [0.29, 0.717) is 16.3 Å². The van der Waals surface area contributed by atoms with Crippen molar-refractivity contribution in [3.63, 3.8) is 0 Å². The highest BCUT2D eigenvalue weighted by Crippen LogP contribution is 2.28. The standard InChI is InChI=1S/C9H7BrF2O2/c1-5-2-7(10)3-6(4-13)8(5)14-9(11)12/h2-4,9H,1H3. The van der Waals surface area contributed by atoms with Gasteiger partial charge in [-0.05, 0) is 24.6 Å². The van der Waals surface area contributed by atoms with Crippen LogP contribution in [0.1, 0.15) is 15.9 Å². The molecule has 0 aliphatic carbocycles. The average molecular weight is 265 g/mol. The molecule has 0 amide bonds. The number of ether oxygens (including phenoxy) is 1. The van der Waals surface area contributed by atoms with Crippen LogP contribution in [0.15, 0.2) is 16.6 Å². The molecule has 0 aromatic heterocycles. The second-order valence-electron chi connectivity index (χ2n) is 2.64. The van der Waals surface area contributed by atoms with Crippen molar-refractivity contribution in [1.82, 2.24) is 0 Å². The maximum absolute atomic E-state index is 12.0. The van der Waals surface area contributed by atoms with E-state index in [9.17, 15) is 13.6 Å². The van der Waals surface area contributed by atoms with Gasteiger partial charge >= 0.3 is 6.61 Å². The van der Waals surface area contributed by atoms with Crippen LogP contribution in [0.2, 0.25) is 0 Å². The van der Waals surface area contributed by atoms with Crippen molar-refractivity contribution < 1.29 is 18.3 Å². The Kier molecular flexibility index (Phi) is 3.57. The minimum absolute atomic E-state index is 0.0711. The molecule has 0 fully saturated rings. The van der Waals surface area contributed by atoms with Gasteiger partial charge in [-0.2, -0.15) is 8.78 Å². The first-order valence-electron chi connectivity index (χ1n) is 3.74. The second-order valence-corrected chi connectivity index (χ2v) is 3.55. The van der Waals surface area contributed by atoms with E-state index in [1.807, 2.05) is 0 Å². The van der Waals surface area contributed by atoms with Gasteiger partial charge in [0.25, 0.3) is 0 Å². The van der Waals surface area contributed by atoms with Crippen LogP contribution in [0, 0.1) is 6.92 Å². The van der Waals surface area contributed by atoms with E-state index in [1.165, 1.54) is 6.07 Å². The molecule has 1 rings (SSSR count). The summed E-state index contributed by atoms with van der Waals surface area (Å²) in [5, 5.41) is 0. The average Bonchev–Trinajstić information content (AvgIpc) is 2.08. The van der Waals surface area contributed by atoms with E-state index in [2.05, 4.69) is 20.7 Å². The number of alkyl halides is 2. The van der Waals surface area contributed by atoms with Crippen molar-refractivity contribution in [1.29, 1.82) is 0 Å². The first-order valence-corrected chi connectivity index (χ1v) is 4.54. The highest BCUT2D eigenvalue weighted by molar-refractivity contribution is 9.10. The fraction of sp³-hybridized carbons (Fsp3) is 0.222. The summed E-state index contributed by atoms with van der Waals surface area (Å²) in [4.78, 5) is 10.6. The van der Waals surface area contributed by atoms with Gasteiger partial charge in [-0.1, -0.05) is 15.9 Å². The lowest BCUT2D eigenvalue weighted by molar-refractivity contribution is -0.0505. The Labute approximate surface area is 88.0 Å². The third-order valence-corrected chi connectivity index (χ3v) is 2.06. The zero-order valence-corrected chi connectivity index (χ0v) is 8.85. The smallest absolute Gasteiger partial charge is 0.387 e. The van der Waals surface area contributed by atoms with Gasteiger partial charge in [-0.25, -0.2) is 0 Å². The molecule has 76 valence electrons. The van der Waals surface area contributed by atoms with Crippen molar-refractivity contribution in [2.45, 2.75) is 13.5 Å². The van der Waals surface area contributed by atoms with Gasteiger partial charge in [0.2, 0.25) is 0 Å². The Hall–Kier alpha value is -0.970. The largest absolute Gasteiger partial charge is 0.434 e. The third-order valence-electron chi connectivity index (χ3n) is 1.60. The topological polar surface area (TPSA) is 26.3 Å². The number of hydrogen-bond donors (Lipinski definition) is 0. The summed E-state index contributed by atoms with van der Waals surface area (Å²) in [5.74, 6) is -0.0711. The Morgan fingerprint density at radius 1 is 1.50 bits per heavy atom. The van der Waals surface area contributed by atoms with Gasteiger partial charge in [0.15, 0.2) is 6.29 Å². The Morgan fingerprint density at radius 2 is 2.14 bits per heavy atom. The van der Waals surface area contributed by atoms with Crippen LogP contribution in [0.5, 0.6) is 5.75 Å². The predicted molar refractivity (Wildman–Crippen MR) is 50.9 cm³/mol. The molecule has 0 bridgehead atoms. The number of rotatable bonds is 3. The Balaban J connectivity index is 3.18. The molecule has 0 spiro atoms. The summed E-state index contributed by atoms with van der Waals surface area (Å²) in [6.07, 6.45) is 0.482. The van der Waals surface area contributed by atoms with Gasteiger partial charge in [0, 0.05) is 4.47 Å². The van der Waals surface area contributed by atoms with Gasteiger partial charge in [-0.15, -0.1) is 0 Å². The lowest BCUT2D eigenvalue weighted by Crippen LogP contribution is -2.05. The molecule has 0 radical (unpaired) electrons. The normalized spacial score (nSPS) is 10.4. The maximum Gasteiger partial charge on any atom is 0.387 e. The Morgan fingerprint density at radius 3 is 2.64 bits per heavy atom. The number of aldehydes is 1. The monoisotopic (exact) mass is 264 g/mol. The van der Waals surface area contributed by atoms with E-state index >= 15 is 0 Å². The second kappa shape index (κ2) is 4.50. The highest BCUT2D eigenvalue weighted by Gasteiger charge is 2.12. The third kappa shape index (κ3) is 2.51. The zero-order valence-electron chi connectivity index (χ0n) is 7.26. The molecule has 0 heterocycles. The molecule has 14 heavy (non-hydrogen) atoms. The highest BCUT2D eigenvalue weighted by atomic mass is 79.9. The molecule has 2 nitrogen and oxygen atoms in total. The molecular formula is C9H7BrF2O2. The van der Waals surface area contributed by atoms with Gasteiger partial charge in [0.05, 0.1) is 5.56 Å². The summed E-state index contributed by atoms with van der Waals surface area (Å²) < 4.78 is 28.8. The minimum atomic E-state index is -2.92. The molecule has 0 aliphatic rings. The molecule has 0 aliphatic heterocycles. The van der Waals surface area contributed by atoms with Gasteiger partial charge in [-0.3, -0.25) is 4.79 Å². The van der Waals surface area contributed by atoms with Crippen LogP contribution in [-0.4, -0.2) is 12.9 Å². The van der Waals surface area contributed by atoms with Crippen LogP contribution in [0.4, 0.5) is 8.78 Å². The number of halogens is 3. The number of benzene rings is 1. The molecule has 0 N–H and O–H groups in total. The molecule has 1 aromatic carbocycles. The van der Waals surface area contributed by atoms with Crippen molar-refractivity contribution in [3.05, 3.63) is 27.7 Å². The fourth-order valence-electron chi connectivity index (χ4n) is 1.09. The first kappa shape index (κ1) is 11.1. The van der Waals surface area contributed by atoms with Crippen LogP contribution in [0.25, 0.3) is 0 Å². The zero-order chi connectivity index (χ0) is 10.7. The summed E-state index contributed by atoms with van der Waals surface area (Å²) in [5.41, 5.74) is 0.596. The van der Waals surface area contributed by atoms with Crippen molar-refractivity contribution in [2.75, 3.05) is 0 Å². The first-order chi connectivity index (χ1) is 6.54.